The minimum absolute atomic E-state index is 0.0244. The SMILES string of the molecule is COC(=O)c1ccc(NCCCNC(=O)OC(C)(C)C)c(C(=N)c2ccc(OC(F)(F)F)cc2)c1. The zero-order valence-electron chi connectivity index (χ0n) is 19.8. The number of ether oxygens (including phenoxy) is 3. The first-order chi connectivity index (χ1) is 16.3. The lowest BCUT2D eigenvalue weighted by molar-refractivity contribution is -0.274. The molecule has 0 spiro atoms. The van der Waals surface area contributed by atoms with Crippen LogP contribution in [0.2, 0.25) is 0 Å². The highest BCUT2D eigenvalue weighted by molar-refractivity contribution is 6.15. The number of alkyl carbamates (subject to hydrolysis) is 1. The van der Waals surface area contributed by atoms with E-state index < -0.39 is 29.8 Å². The van der Waals surface area contributed by atoms with Crippen molar-refractivity contribution in [3.63, 3.8) is 0 Å². The Hall–Kier alpha value is -3.76. The summed E-state index contributed by atoms with van der Waals surface area (Å²) < 4.78 is 51.0. The number of methoxy groups -OCH3 is 1. The lowest BCUT2D eigenvalue weighted by Gasteiger charge is -2.19. The molecule has 0 aliphatic rings. The second-order valence-corrected chi connectivity index (χ2v) is 8.41. The van der Waals surface area contributed by atoms with Gasteiger partial charge in [0.25, 0.3) is 0 Å². The van der Waals surface area contributed by atoms with Gasteiger partial charge in [-0.3, -0.25) is 5.41 Å². The number of halogens is 3. The summed E-state index contributed by atoms with van der Waals surface area (Å²) in [7, 11) is 1.23. The van der Waals surface area contributed by atoms with Crippen molar-refractivity contribution in [2.24, 2.45) is 0 Å². The molecule has 8 nitrogen and oxygen atoms in total. The predicted octanol–water partition coefficient (Wildman–Crippen LogP) is 5.11. The fourth-order valence-electron chi connectivity index (χ4n) is 2.94. The number of carbonyl (C=O) groups is 2. The van der Waals surface area contributed by atoms with Crippen molar-refractivity contribution >= 4 is 23.5 Å². The lowest BCUT2D eigenvalue weighted by atomic mass is 9.98. The van der Waals surface area contributed by atoms with Crippen LogP contribution in [0.4, 0.5) is 23.7 Å². The smallest absolute Gasteiger partial charge is 0.465 e. The van der Waals surface area contributed by atoms with Gasteiger partial charge in [-0.25, -0.2) is 9.59 Å². The molecule has 2 rings (SSSR count). The van der Waals surface area contributed by atoms with Crippen LogP contribution >= 0.6 is 0 Å². The van der Waals surface area contributed by atoms with Crippen molar-refractivity contribution in [1.82, 2.24) is 5.32 Å². The van der Waals surface area contributed by atoms with Gasteiger partial charge in [0, 0.05) is 29.9 Å². The molecular formula is C24H28F3N3O5. The maximum absolute atomic E-state index is 12.4. The first-order valence-corrected chi connectivity index (χ1v) is 10.7. The molecule has 0 aliphatic heterocycles. The van der Waals surface area contributed by atoms with Crippen molar-refractivity contribution in [2.45, 2.75) is 39.2 Å². The molecule has 0 saturated heterocycles. The van der Waals surface area contributed by atoms with Crippen LogP contribution in [0.25, 0.3) is 0 Å². The van der Waals surface area contributed by atoms with Crippen LogP contribution in [0.1, 0.15) is 48.7 Å². The highest BCUT2D eigenvalue weighted by Crippen LogP contribution is 2.26. The van der Waals surface area contributed by atoms with Crippen LogP contribution in [0.5, 0.6) is 5.75 Å². The fourth-order valence-corrected chi connectivity index (χ4v) is 2.94. The summed E-state index contributed by atoms with van der Waals surface area (Å²) in [6, 6.07) is 9.47. The van der Waals surface area contributed by atoms with Crippen molar-refractivity contribution in [3.8, 4) is 5.75 Å². The lowest BCUT2D eigenvalue weighted by Crippen LogP contribution is -2.33. The monoisotopic (exact) mass is 495 g/mol. The predicted molar refractivity (Wildman–Crippen MR) is 124 cm³/mol. The molecule has 0 heterocycles. The second kappa shape index (κ2) is 11.6. The molecule has 35 heavy (non-hydrogen) atoms. The number of anilines is 1. The van der Waals surface area contributed by atoms with E-state index in [1.165, 1.54) is 31.4 Å². The van der Waals surface area contributed by atoms with Crippen LogP contribution in [-0.4, -0.2) is 49.9 Å². The number of benzene rings is 2. The summed E-state index contributed by atoms with van der Waals surface area (Å²) >= 11 is 0. The van der Waals surface area contributed by atoms with E-state index in [0.29, 0.717) is 36.3 Å². The molecule has 0 bridgehead atoms. The zero-order valence-corrected chi connectivity index (χ0v) is 19.8. The Labute approximate surface area is 201 Å². The Morgan fingerprint density at radius 3 is 2.17 bits per heavy atom. The largest absolute Gasteiger partial charge is 0.573 e. The first kappa shape index (κ1) is 27.5. The Bertz CT molecular complexity index is 1050. The molecular weight excluding hydrogens is 467 g/mol. The topological polar surface area (TPSA) is 110 Å². The summed E-state index contributed by atoms with van der Waals surface area (Å²) in [6.07, 6.45) is -4.81. The van der Waals surface area contributed by atoms with Crippen molar-refractivity contribution < 1.29 is 37.0 Å². The molecule has 0 atom stereocenters. The number of carbonyl (C=O) groups excluding carboxylic acids is 2. The summed E-state index contributed by atoms with van der Waals surface area (Å²) in [4.78, 5) is 23.7. The van der Waals surface area contributed by atoms with Gasteiger partial charge in [-0.05, 0) is 69.7 Å². The van der Waals surface area contributed by atoms with Gasteiger partial charge >= 0.3 is 18.4 Å². The summed E-state index contributed by atoms with van der Waals surface area (Å²) in [5.41, 5.74) is 0.769. The highest BCUT2D eigenvalue weighted by atomic mass is 19.4. The molecule has 0 aromatic heterocycles. The van der Waals surface area contributed by atoms with E-state index in [2.05, 4.69) is 15.4 Å². The molecule has 0 fully saturated rings. The van der Waals surface area contributed by atoms with Crippen LogP contribution in [-0.2, 0) is 9.47 Å². The fraction of sp³-hybridized carbons (Fsp3) is 0.375. The quantitative estimate of drug-likeness (QED) is 0.253. The zero-order chi connectivity index (χ0) is 26.2. The van der Waals surface area contributed by atoms with E-state index in [4.69, 9.17) is 14.9 Å². The number of esters is 1. The van der Waals surface area contributed by atoms with Crippen LogP contribution < -0.4 is 15.4 Å². The third-order valence-corrected chi connectivity index (χ3v) is 4.42. The van der Waals surface area contributed by atoms with E-state index in [0.717, 1.165) is 12.1 Å². The average Bonchev–Trinajstić information content (AvgIpc) is 2.76. The molecule has 3 N–H and O–H groups in total. The normalized spacial score (nSPS) is 11.4. The first-order valence-electron chi connectivity index (χ1n) is 10.7. The van der Waals surface area contributed by atoms with Crippen molar-refractivity contribution in [2.75, 3.05) is 25.5 Å². The van der Waals surface area contributed by atoms with Crippen LogP contribution in [0, 0.1) is 5.41 Å². The van der Waals surface area contributed by atoms with Gasteiger partial charge in [0.15, 0.2) is 0 Å². The Kier molecular flexibility index (Phi) is 9.10. The van der Waals surface area contributed by atoms with Gasteiger partial charge in [0.05, 0.1) is 18.4 Å². The minimum Gasteiger partial charge on any atom is -0.465 e. The number of hydrogen-bond acceptors (Lipinski definition) is 7. The van der Waals surface area contributed by atoms with Crippen molar-refractivity contribution in [3.05, 3.63) is 59.2 Å². The van der Waals surface area contributed by atoms with E-state index in [1.807, 2.05) is 0 Å². The molecule has 2 aromatic carbocycles. The van der Waals surface area contributed by atoms with Gasteiger partial charge in [-0.2, -0.15) is 0 Å². The van der Waals surface area contributed by atoms with Gasteiger partial charge in [-0.15, -0.1) is 13.2 Å². The third kappa shape index (κ3) is 9.19. The molecule has 0 aliphatic carbocycles. The summed E-state index contributed by atoms with van der Waals surface area (Å²) in [5, 5.41) is 14.4. The van der Waals surface area contributed by atoms with Gasteiger partial charge in [0.2, 0.25) is 0 Å². The summed E-state index contributed by atoms with van der Waals surface area (Å²) in [6.45, 7) is 6.06. The Morgan fingerprint density at radius 1 is 0.971 bits per heavy atom. The molecule has 11 heteroatoms. The van der Waals surface area contributed by atoms with E-state index in [-0.39, 0.29) is 11.3 Å². The van der Waals surface area contributed by atoms with Crippen LogP contribution in [0.3, 0.4) is 0 Å². The standard InChI is InChI=1S/C24H28F3N3O5/c1-23(2,3)35-22(32)30-13-5-12-29-19-11-8-16(21(31)33-4)14-18(19)20(28)15-6-9-17(10-7-15)34-24(25,26)27/h6-11,14,28-29H,5,12-13H2,1-4H3,(H,30,32). The molecule has 0 saturated carbocycles. The van der Waals surface area contributed by atoms with Gasteiger partial charge < -0.3 is 24.8 Å². The van der Waals surface area contributed by atoms with E-state index >= 15 is 0 Å². The second-order valence-electron chi connectivity index (χ2n) is 8.41. The molecule has 2 aromatic rings. The maximum atomic E-state index is 12.4. The highest BCUT2D eigenvalue weighted by Gasteiger charge is 2.31. The number of nitrogens with one attached hydrogen (secondary N) is 3. The van der Waals surface area contributed by atoms with Crippen molar-refractivity contribution in [1.29, 1.82) is 5.41 Å². The number of amides is 1. The molecule has 0 unspecified atom stereocenters. The van der Waals surface area contributed by atoms with Gasteiger partial charge in [0.1, 0.15) is 11.4 Å². The van der Waals surface area contributed by atoms with Crippen LogP contribution in [0.15, 0.2) is 42.5 Å². The number of alkyl halides is 3. The Balaban J connectivity index is 2.13. The maximum Gasteiger partial charge on any atom is 0.573 e. The van der Waals surface area contributed by atoms with E-state index in [9.17, 15) is 22.8 Å². The minimum atomic E-state index is -4.82. The molecule has 1 amide bonds. The average molecular weight is 495 g/mol. The van der Waals surface area contributed by atoms with Gasteiger partial charge in [-0.1, -0.05) is 0 Å². The number of rotatable bonds is 9. The summed E-state index contributed by atoms with van der Waals surface area (Å²) in [5.74, 6) is -1.01. The number of hydrogen-bond donors (Lipinski definition) is 3. The third-order valence-electron chi connectivity index (χ3n) is 4.42. The Morgan fingerprint density at radius 2 is 1.60 bits per heavy atom. The van der Waals surface area contributed by atoms with E-state index in [1.54, 1.807) is 26.8 Å². The molecule has 0 radical (unpaired) electrons. The molecule has 190 valence electrons.